The number of halogens is 6. The second kappa shape index (κ2) is 13.7. The zero-order chi connectivity index (χ0) is 29.3. The highest BCUT2D eigenvalue weighted by molar-refractivity contribution is 6.33. The average molecular weight is 581 g/mol. The molecule has 4 N–H and O–H groups in total. The van der Waals surface area contributed by atoms with Gasteiger partial charge in [0.25, 0.3) is 5.78 Å². The Labute approximate surface area is 222 Å². The van der Waals surface area contributed by atoms with Crippen LogP contribution in [0.25, 0.3) is 16.9 Å². The summed E-state index contributed by atoms with van der Waals surface area (Å²) in [5.41, 5.74) is -1.10. The van der Waals surface area contributed by atoms with Crippen LogP contribution in [-0.2, 0) is 9.59 Å². The second-order valence-electron chi connectivity index (χ2n) is 7.58. The molecule has 0 saturated heterocycles. The van der Waals surface area contributed by atoms with Gasteiger partial charge in [0, 0.05) is 24.3 Å². The monoisotopic (exact) mass is 580 g/mol. The van der Waals surface area contributed by atoms with Crippen LogP contribution < -0.4 is 15.4 Å². The molecule has 0 aliphatic carbocycles. The van der Waals surface area contributed by atoms with Gasteiger partial charge < -0.3 is 25.6 Å². The Morgan fingerprint density at radius 3 is 2.26 bits per heavy atom. The van der Waals surface area contributed by atoms with E-state index in [1.54, 1.807) is 7.05 Å². The number of nitrogens with zero attached hydrogens (tertiary/aromatic N) is 4. The van der Waals surface area contributed by atoms with E-state index in [-0.39, 0.29) is 18.1 Å². The molecule has 0 spiro atoms. The van der Waals surface area contributed by atoms with Gasteiger partial charge in [0.2, 0.25) is 0 Å². The van der Waals surface area contributed by atoms with Gasteiger partial charge in [0.05, 0.1) is 17.7 Å². The number of carbonyl (C=O) groups is 2. The quantitative estimate of drug-likeness (QED) is 0.121. The van der Waals surface area contributed by atoms with Crippen molar-refractivity contribution < 1.29 is 46.5 Å². The lowest BCUT2D eigenvalue weighted by Gasteiger charge is -2.21. The summed E-state index contributed by atoms with van der Waals surface area (Å²) in [5, 5.41) is 24.1. The maximum Gasteiger partial charge on any atom is 0.408 e. The van der Waals surface area contributed by atoms with Crippen molar-refractivity contribution in [3.63, 3.8) is 0 Å². The van der Waals surface area contributed by atoms with E-state index < -0.39 is 57.9 Å². The molecule has 1 atom stereocenters. The number of alkyl halides is 3. The van der Waals surface area contributed by atoms with Gasteiger partial charge in [-0.2, -0.15) is 32.8 Å². The number of ether oxygens (including phenoxy) is 1. The normalized spacial score (nSPS) is 12.2. The number of benzene rings is 1. The van der Waals surface area contributed by atoms with Crippen molar-refractivity contribution in [3.05, 3.63) is 47.4 Å². The second-order valence-corrected chi connectivity index (χ2v) is 7.94. The third-order valence-electron chi connectivity index (χ3n) is 4.70. The van der Waals surface area contributed by atoms with Gasteiger partial charge in [0.15, 0.2) is 0 Å². The van der Waals surface area contributed by atoms with Crippen LogP contribution >= 0.6 is 11.6 Å². The first-order valence-corrected chi connectivity index (χ1v) is 11.3. The number of aliphatic carboxylic acids is 2. The first-order chi connectivity index (χ1) is 18.3. The Morgan fingerprint density at radius 1 is 1.15 bits per heavy atom. The summed E-state index contributed by atoms with van der Waals surface area (Å²) in [6.07, 6.45) is -1.91. The van der Waals surface area contributed by atoms with Crippen LogP contribution in [0, 0.1) is 11.6 Å². The summed E-state index contributed by atoms with van der Waals surface area (Å²) in [7, 11) is 1.75. The minimum Gasteiger partial charge on any atom is -0.493 e. The predicted molar refractivity (Wildman–Crippen MR) is 129 cm³/mol. The van der Waals surface area contributed by atoms with Crippen molar-refractivity contribution in [2.45, 2.75) is 25.6 Å². The first-order valence-electron chi connectivity index (χ1n) is 10.9. The van der Waals surface area contributed by atoms with Gasteiger partial charge in [-0.3, -0.25) is 0 Å². The Morgan fingerprint density at radius 2 is 1.74 bits per heavy atom. The molecule has 2 aromatic heterocycles. The van der Waals surface area contributed by atoms with E-state index in [9.17, 15) is 31.5 Å². The molecular formula is C22H22ClF5N6O5. The highest BCUT2D eigenvalue weighted by Crippen LogP contribution is 2.39. The Balaban J connectivity index is 0.000000580. The predicted octanol–water partition coefficient (Wildman–Crippen LogP) is 3.79. The lowest BCUT2D eigenvalue weighted by atomic mass is 10.1. The highest BCUT2D eigenvalue weighted by atomic mass is 35.5. The van der Waals surface area contributed by atoms with E-state index in [0.717, 1.165) is 29.9 Å². The van der Waals surface area contributed by atoms with Gasteiger partial charge >= 0.3 is 18.1 Å². The Bertz CT molecular complexity index is 1310. The SMILES string of the molecule is CNCCCOc1cc(F)c(-c2c(Cl)nc3ncnn3c2NC(C)C(F)(F)F)c(F)c1.O=C(O)C=CC(=O)O. The maximum atomic E-state index is 14.9. The fraction of sp³-hybridized carbons (Fsp3) is 0.318. The summed E-state index contributed by atoms with van der Waals surface area (Å²) in [4.78, 5) is 26.8. The number of hydrogen-bond acceptors (Lipinski definition) is 8. The van der Waals surface area contributed by atoms with Gasteiger partial charge in [-0.05, 0) is 26.9 Å². The van der Waals surface area contributed by atoms with Crippen LogP contribution in [0.5, 0.6) is 5.75 Å². The molecule has 0 aliphatic rings. The smallest absolute Gasteiger partial charge is 0.408 e. The van der Waals surface area contributed by atoms with Gasteiger partial charge in [-0.1, -0.05) is 11.6 Å². The Kier molecular flexibility index (Phi) is 10.9. The van der Waals surface area contributed by atoms with E-state index in [1.807, 2.05) is 0 Å². The number of anilines is 1. The molecule has 0 aliphatic heterocycles. The fourth-order valence-electron chi connectivity index (χ4n) is 2.91. The highest BCUT2D eigenvalue weighted by Gasteiger charge is 2.37. The molecule has 11 nitrogen and oxygen atoms in total. The molecule has 17 heteroatoms. The summed E-state index contributed by atoms with van der Waals surface area (Å²) >= 11 is 6.11. The molecule has 3 aromatic rings. The standard InChI is InChI=1S/C18H18ClF5N6O.C4H4O4/c1-9(18(22,23)24)28-16-14(15(19)29-17-26-8-27-30(16)17)13-11(20)6-10(7-12(13)21)31-5-3-4-25-2;5-3(6)1-2-4(7)8/h6-9,25,28H,3-5H2,1-2H3;1-2H,(H,5,6)(H,7,8). The summed E-state index contributed by atoms with van der Waals surface area (Å²) in [6, 6.07) is -0.231. The van der Waals surface area contributed by atoms with Crippen molar-refractivity contribution >= 4 is 35.1 Å². The van der Waals surface area contributed by atoms with E-state index in [1.165, 1.54) is 0 Å². The van der Waals surface area contributed by atoms with Crippen LogP contribution in [-0.4, -0.2) is 74.2 Å². The summed E-state index contributed by atoms with van der Waals surface area (Å²) in [5.74, 6) is -5.31. The number of carboxylic acids is 2. The number of carboxylic acid groups (broad SMARTS) is 2. The molecule has 212 valence electrons. The maximum absolute atomic E-state index is 14.9. The number of nitrogens with one attached hydrogen (secondary N) is 2. The van der Waals surface area contributed by atoms with Crippen molar-refractivity contribution in [1.82, 2.24) is 24.9 Å². The van der Waals surface area contributed by atoms with Crippen LogP contribution in [0.4, 0.5) is 27.8 Å². The molecule has 0 amide bonds. The number of rotatable bonds is 10. The molecule has 1 aromatic carbocycles. The van der Waals surface area contributed by atoms with E-state index >= 15 is 0 Å². The largest absolute Gasteiger partial charge is 0.493 e. The molecule has 0 radical (unpaired) electrons. The molecule has 2 heterocycles. The Hall–Kier alpha value is -4.05. The first kappa shape index (κ1) is 31.2. The van der Waals surface area contributed by atoms with Crippen LogP contribution in [0.15, 0.2) is 30.6 Å². The zero-order valence-electron chi connectivity index (χ0n) is 20.3. The van der Waals surface area contributed by atoms with Gasteiger partial charge in [0.1, 0.15) is 40.7 Å². The topological polar surface area (TPSA) is 151 Å². The molecule has 39 heavy (non-hydrogen) atoms. The lowest BCUT2D eigenvalue weighted by molar-refractivity contribution is -0.138. The summed E-state index contributed by atoms with van der Waals surface area (Å²) < 4.78 is 75.5. The number of aromatic nitrogens is 4. The molecule has 0 fully saturated rings. The van der Waals surface area contributed by atoms with Gasteiger partial charge in [-0.25, -0.2) is 18.4 Å². The zero-order valence-corrected chi connectivity index (χ0v) is 21.0. The minimum absolute atomic E-state index is 0.0704. The van der Waals surface area contributed by atoms with Gasteiger partial charge in [-0.15, -0.1) is 0 Å². The average Bonchev–Trinajstić information content (AvgIpc) is 3.29. The van der Waals surface area contributed by atoms with Crippen LogP contribution in [0.1, 0.15) is 13.3 Å². The molecular weight excluding hydrogens is 559 g/mol. The number of hydrogen-bond donors (Lipinski definition) is 4. The molecule has 0 bridgehead atoms. The van der Waals surface area contributed by atoms with Crippen LogP contribution in [0.3, 0.4) is 0 Å². The molecule has 1 unspecified atom stereocenters. The van der Waals surface area contributed by atoms with Crippen LogP contribution in [0.2, 0.25) is 5.15 Å². The van der Waals surface area contributed by atoms with Crippen molar-refractivity contribution in [3.8, 4) is 16.9 Å². The summed E-state index contributed by atoms with van der Waals surface area (Å²) in [6.45, 7) is 1.70. The van der Waals surface area contributed by atoms with E-state index in [2.05, 4.69) is 25.7 Å². The molecule has 3 rings (SSSR count). The third kappa shape index (κ3) is 8.75. The number of fused-ring (bicyclic) bond motifs is 1. The lowest BCUT2D eigenvalue weighted by Crippen LogP contribution is -2.34. The van der Waals surface area contributed by atoms with Crippen molar-refractivity contribution in [2.24, 2.45) is 0 Å². The van der Waals surface area contributed by atoms with Crippen molar-refractivity contribution in [2.75, 3.05) is 25.5 Å². The minimum atomic E-state index is -4.65. The fourth-order valence-corrected chi connectivity index (χ4v) is 3.17. The third-order valence-corrected chi connectivity index (χ3v) is 4.97. The van der Waals surface area contributed by atoms with Crippen molar-refractivity contribution in [1.29, 1.82) is 0 Å². The van der Waals surface area contributed by atoms with E-state index in [4.69, 9.17) is 26.6 Å². The molecule has 0 saturated carbocycles. The van der Waals surface area contributed by atoms with E-state index in [0.29, 0.717) is 25.1 Å².